The molecule has 0 aliphatic carbocycles. The van der Waals surface area contributed by atoms with Crippen LogP contribution >= 0.6 is 0 Å². The molecule has 5 N–H and O–H groups in total. The van der Waals surface area contributed by atoms with Gasteiger partial charge in [-0.05, 0) is 26.0 Å². The van der Waals surface area contributed by atoms with Gasteiger partial charge in [-0.25, -0.2) is 4.98 Å². The number of carbonyl (C=O) groups is 2. The second-order valence-corrected chi connectivity index (χ2v) is 5.59. The molecule has 0 atom stereocenters. The Hall–Kier alpha value is -2.63. The molecule has 0 saturated carbocycles. The number of hydrogen-bond acceptors (Lipinski definition) is 4. The van der Waals surface area contributed by atoms with Gasteiger partial charge in [-0.1, -0.05) is 18.2 Å². The number of para-hydroxylation sites is 1. The predicted molar refractivity (Wildman–Crippen MR) is 81.5 cm³/mol. The van der Waals surface area contributed by atoms with Crippen molar-refractivity contribution in [2.75, 3.05) is 5.73 Å². The van der Waals surface area contributed by atoms with Crippen molar-refractivity contribution >= 4 is 28.4 Å². The summed E-state index contributed by atoms with van der Waals surface area (Å²) >= 11 is 0. The Morgan fingerprint density at radius 2 is 1.95 bits per heavy atom. The van der Waals surface area contributed by atoms with Crippen LogP contribution in [0.2, 0.25) is 0 Å². The zero-order chi connectivity index (χ0) is 15.6. The zero-order valence-electron chi connectivity index (χ0n) is 12.0. The molecule has 0 unspecified atom stereocenters. The van der Waals surface area contributed by atoms with E-state index in [1.807, 2.05) is 18.2 Å². The number of rotatable bonds is 4. The number of aromatic nitrogens is 1. The van der Waals surface area contributed by atoms with Crippen molar-refractivity contribution in [2.45, 2.75) is 25.8 Å². The van der Waals surface area contributed by atoms with E-state index < -0.39 is 17.4 Å². The van der Waals surface area contributed by atoms with Gasteiger partial charge in [0.1, 0.15) is 5.69 Å². The molecule has 2 rings (SSSR count). The topological polar surface area (TPSA) is 111 Å². The zero-order valence-corrected chi connectivity index (χ0v) is 12.0. The van der Waals surface area contributed by atoms with Crippen molar-refractivity contribution in [3.63, 3.8) is 0 Å². The minimum absolute atomic E-state index is 0.0435. The van der Waals surface area contributed by atoms with Gasteiger partial charge in [-0.3, -0.25) is 9.59 Å². The summed E-state index contributed by atoms with van der Waals surface area (Å²) in [6.45, 7) is 3.44. The lowest BCUT2D eigenvalue weighted by Gasteiger charge is -2.24. The van der Waals surface area contributed by atoms with Crippen LogP contribution in [-0.2, 0) is 4.79 Å². The minimum Gasteiger partial charge on any atom is -0.398 e. The molecule has 1 aromatic carbocycles. The van der Waals surface area contributed by atoms with Crippen molar-refractivity contribution in [2.24, 2.45) is 5.73 Å². The van der Waals surface area contributed by atoms with Crippen LogP contribution in [-0.4, -0.2) is 22.3 Å². The molecule has 2 aromatic rings. The summed E-state index contributed by atoms with van der Waals surface area (Å²) in [5.74, 6) is -0.870. The maximum atomic E-state index is 12.3. The van der Waals surface area contributed by atoms with E-state index in [0.29, 0.717) is 11.2 Å². The van der Waals surface area contributed by atoms with E-state index in [9.17, 15) is 9.59 Å². The molecule has 0 aliphatic rings. The second-order valence-electron chi connectivity index (χ2n) is 5.59. The van der Waals surface area contributed by atoms with Crippen molar-refractivity contribution in [3.05, 3.63) is 36.0 Å². The van der Waals surface area contributed by atoms with Crippen molar-refractivity contribution < 1.29 is 9.59 Å². The molecule has 0 spiro atoms. The fourth-order valence-corrected chi connectivity index (χ4v) is 2.17. The number of primary amides is 1. The van der Waals surface area contributed by atoms with E-state index in [2.05, 4.69) is 10.3 Å². The van der Waals surface area contributed by atoms with Gasteiger partial charge in [0.05, 0.1) is 5.52 Å². The van der Waals surface area contributed by atoms with E-state index in [1.54, 1.807) is 19.9 Å². The maximum absolute atomic E-state index is 12.3. The molecule has 0 aliphatic heterocycles. The summed E-state index contributed by atoms with van der Waals surface area (Å²) < 4.78 is 0. The molecular formula is C15H18N4O2. The van der Waals surface area contributed by atoms with Crippen LogP contribution in [0.3, 0.4) is 0 Å². The average molecular weight is 286 g/mol. The first-order chi connectivity index (χ1) is 9.78. The van der Waals surface area contributed by atoms with Crippen LogP contribution in [0.1, 0.15) is 30.8 Å². The molecule has 0 saturated heterocycles. The number of anilines is 1. The number of nitrogens with one attached hydrogen (secondary N) is 1. The van der Waals surface area contributed by atoms with Gasteiger partial charge in [-0.15, -0.1) is 0 Å². The van der Waals surface area contributed by atoms with Crippen molar-refractivity contribution in [1.29, 1.82) is 0 Å². The molecule has 2 amide bonds. The smallest absolute Gasteiger partial charge is 0.270 e. The second kappa shape index (κ2) is 5.40. The van der Waals surface area contributed by atoms with Gasteiger partial charge in [-0.2, -0.15) is 0 Å². The lowest BCUT2D eigenvalue weighted by molar-refractivity contribution is -0.119. The van der Waals surface area contributed by atoms with Gasteiger partial charge in [0.2, 0.25) is 5.91 Å². The Bertz CT molecular complexity index is 710. The highest BCUT2D eigenvalue weighted by atomic mass is 16.2. The van der Waals surface area contributed by atoms with Gasteiger partial charge in [0.15, 0.2) is 0 Å². The molecule has 1 heterocycles. The first kappa shape index (κ1) is 14.8. The Labute approximate surface area is 122 Å². The average Bonchev–Trinajstić information content (AvgIpc) is 2.36. The third kappa shape index (κ3) is 3.47. The van der Waals surface area contributed by atoms with Gasteiger partial charge in [0, 0.05) is 23.0 Å². The number of fused-ring (bicyclic) bond motifs is 1. The fraction of sp³-hybridized carbons (Fsp3) is 0.267. The van der Waals surface area contributed by atoms with Gasteiger partial charge < -0.3 is 16.8 Å². The largest absolute Gasteiger partial charge is 0.398 e. The number of pyridine rings is 1. The van der Waals surface area contributed by atoms with Crippen LogP contribution in [0.5, 0.6) is 0 Å². The molecule has 6 heteroatoms. The van der Waals surface area contributed by atoms with Crippen LogP contribution in [0.4, 0.5) is 5.69 Å². The molecule has 1 aromatic heterocycles. The molecular weight excluding hydrogens is 268 g/mol. The first-order valence-corrected chi connectivity index (χ1v) is 6.54. The third-order valence-electron chi connectivity index (χ3n) is 3.05. The number of carbonyl (C=O) groups excluding carboxylic acids is 2. The molecule has 6 nitrogen and oxygen atoms in total. The summed E-state index contributed by atoms with van der Waals surface area (Å²) in [7, 11) is 0. The van der Waals surface area contributed by atoms with Gasteiger partial charge in [0.25, 0.3) is 5.91 Å². The number of benzene rings is 1. The Morgan fingerprint density at radius 3 is 2.62 bits per heavy atom. The maximum Gasteiger partial charge on any atom is 0.270 e. The number of nitrogen functional groups attached to an aromatic ring is 1. The molecule has 0 radical (unpaired) electrons. The van der Waals surface area contributed by atoms with Crippen molar-refractivity contribution in [1.82, 2.24) is 10.3 Å². The number of amides is 2. The fourth-order valence-electron chi connectivity index (χ4n) is 2.17. The molecule has 21 heavy (non-hydrogen) atoms. The lowest BCUT2D eigenvalue weighted by Crippen LogP contribution is -2.46. The van der Waals surface area contributed by atoms with Crippen molar-refractivity contribution in [3.8, 4) is 0 Å². The quantitative estimate of drug-likeness (QED) is 0.784. The summed E-state index contributed by atoms with van der Waals surface area (Å²) in [5, 5.41) is 3.53. The lowest BCUT2D eigenvalue weighted by atomic mass is 10.00. The normalized spacial score (nSPS) is 11.3. The van der Waals surface area contributed by atoms with Crippen LogP contribution in [0.15, 0.2) is 30.3 Å². The molecule has 0 bridgehead atoms. The monoisotopic (exact) mass is 286 g/mol. The minimum atomic E-state index is -0.745. The number of nitrogens with two attached hydrogens (primary N) is 2. The Kier molecular flexibility index (Phi) is 3.80. The van der Waals surface area contributed by atoms with Crippen LogP contribution in [0, 0.1) is 0 Å². The highest BCUT2D eigenvalue weighted by Gasteiger charge is 2.24. The summed E-state index contributed by atoms with van der Waals surface area (Å²) in [5.41, 5.74) is 11.7. The molecule has 110 valence electrons. The third-order valence-corrected chi connectivity index (χ3v) is 3.05. The molecule has 0 fully saturated rings. The van der Waals surface area contributed by atoms with E-state index in [0.717, 1.165) is 5.39 Å². The van der Waals surface area contributed by atoms with E-state index >= 15 is 0 Å². The van der Waals surface area contributed by atoms with E-state index in [-0.39, 0.29) is 12.1 Å². The first-order valence-electron chi connectivity index (χ1n) is 6.54. The highest BCUT2D eigenvalue weighted by Crippen LogP contribution is 2.20. The van der Waals surface area contributed by atoms with Gasteiger partial charge >= 0.3 is 0 Å². The standard InChI is InChI=1S/C15H18N4O2/c1-15(2,8-13(17)20)19-14(21)12-7-10(16)9-5-3-4-6-11(9)18-12/h3-7H,8H2,1-2H3,(H2,16,18)(H2,17,20)(H,19,21). The SMILES string of the molecule is CC(C)(CC(N)=O)NC(=O)c1cc(N)c2ccccc2n1. The Balaban J connectivity index is 2.30. The van der Waals surface area contributed by atoms with Crippen LogP contribution < -0.4 is 16.8 Å². The number of nitrogens with zero attached hydrogens (tertiary/aromatic N) is 1. The summed E-state index contributed by atoms with van der Waals surface area (Å²) in [6, 6.07) is 8.84. The summed E-state index contributed by atoms with van der Waals surface area (Å²) in [6.07, 6.45) is 0.0435. The Morgan fingerprint density at radius 1 is 1.29 bits per heavy atom. The predicted octanol–water partition coefficient (Wildman–Crippen LogP) is 1.20. The summed E-state index contributed by atoms with van der Waals surface area (Å²) in [4.78, 5) is 27.5. The van der Waals surface area contributed by atoms with E-state index in [4.69, 9.17) is 11.5 Å². The highest BCUT2D eigenvalue weighted by molar-refractivity contribution is 5.99. The van der Waals surface area contributed by atoms with Crippen LogP contribution in [0.25, 0.3) is 10.9 Å². The number of hydrogen-bond donors (Lipinski definition) is 3. The van der Waals surface area contributed by atoms with E-state index in [1.165, 1.54) is 6.07 Å².